The van der Waals surface area contributed by atoms with E-state index in [1.165, 1.54) is 0 Å². The van der Waals surface area contributed by atoms with Crippen molar-refractivity contribution in [1.29, 1.82) is 0 Å². The minimum atomic E-state index is -3.67. The Labute approximate surface area is 135 Å². The zero-order valence-corrected chi connectivity index (χ0v) is 14.2. The highest BCUT2D eigenvalue weighted by Gasteiger charge is 2.30. The van der Waals surface area contributed by atoms with Crippen molar-refractivity contribution in [2.24, 2.45) is 0 Å². The molecule has 0 aliphatic heterocycles. The number of ether oxygens (including phenoxy) is 1. The summed E-state index contributed by atoms with van der Waals surface area (Å²) in [6.07, 6.45) is 2.62. The predicted molar refractivity (Wildman–Crippen MR) is 85.0 cm³/mol. The second-order valence-electron chi connectivity index (χ2n) is 5.78. The number of nitrogens with zero attached hydrogens (tertiary/aromatic N) is 1. The van der Waals surface area contributed by atoms with Gasteiger partial charge in [0.25, 0.3) is 0 Å². The summed E-state index contributed by atoms with van der Waals surface area (Å²) in [7, 11) is -2.05. The Kier molecular flexibility index (Phi) is 4.16. The fourth-order valence-electron chi connectivity index (χ4n) is 3.14. The molecule has 0 radical (unpaired) electrons. The molecule has 1 atom stereocenters. The van der Waals surface area contributed by atoms with Crippen LogP contribution < -0.4 is 9.46 Å². The maximum atomic E-state index is 12.7. The predicted octanol–water partition coefficient (Wildman–Crippen LogP) is 2.66. The van der Waals surface area contributed by atoms with E-state index in [2.05, 4.69) is 9.88 Å². The monoisotopic (exact) mass is 336 g/mol. The van der Waals surface area contributed by atoms with E-state index >= 15 is 0 Å². The van der Waals surface area contributed by atoms with E-state index < -0.39 is 10.0 Å². The summed E-state index contributed by atoms with van der Waals surface area (Å²) in [5.41, 5.74) is 2.51. The van der Waals surface area contributed by atoms with Crippen LogP contribution in [0.25, 0.3) is 0 Å². The van der Waals surface area contributed by atoms with E-state index in [9.17, 15) is 8.42 Å². The zero-order valence-electron chi connectivity index (χ0n) is 13.4. The van der Waals surface area contributed by atoms with Gasteiger partial charge < -0.3 is 9.26 Å². The first kappa shape index (κ1) is 16.0. The summed E-state index contributed by atoms with van der Waals surface area (Å²) in [4.78, 5) is 0.137. The number of rotatable bonds is 4. The summed E-state index contributed by atoms with van der Waals surface area (Å²) in [5.74, 6) is 1.10. The molecule has 0 saturated heterocycles. The minimum Gasteiger partial charge on any atom is -0.497 e. The number of aromatic nitrogens is 1. The van der Waals surface area contributed by atoms with Gasteiger partial charge in [0.05, 0.1) is 7.11 Å². The Morgan fingerprint density at radius 3 is 2.78 bits per heavy atom. The lowest BCUT2D eigenvalue weighted by Crippen LogP contribution is -2.31. The maximum absolute atomic E-state index is 12.7. The number of fused-ring (bicyclic) bond motifs is 1. The average molecular weight is 336 g/mol. The highest BCUT2D eigenvalue weighted by atomic mass is 32.2. The molecular weight excluding hydrogens is 316 g/mol. The number of methoxy groups -OCH3 is 1. The standard InChI is InChI=1S/C16H20N2O4S/c1-10-16(11(2)22-17-10)23(19,20)18-15-6-4-5-12-9-13(21-3)7-8-14(12)15/h7-9,15,18H,4-6H2,1-3H3/t15-/m0/s1. The van der Waals surface area contributed by atoms with E-state index in [-0.39, 0.29) is 10.9 Å². The Morgan fingerprint density at radius 1 is 1.35 bits per heavy atom. The molecule has 0 bridgehead atoms. The smallest absolute Gasteiger partial charge is 0.246 e. The van der Waals surface area contributed by atoms with Crippen LogP contribution in [0.15, 0.2) is 27.6 Å². The number of hydrogen-bond donors (Lipinski definition) is 1. The molecule has 7 heteroatoms. The molecule has 0 fully saturated rings. The lowest BCUT2D eigenvalue weighted by Gasteiger charge is -2.26. The van der Waals surface area contributed by atoms with Gasteiger partial charge in [-0.1, -0.05) is 11.2 Å². The highest BCUT2D eigenvalue weighted by molar-refractivity contribution is 7.89. The van der Waals surface area contributed by atoms with E-state index in [1.54, 1.807) is 21.0 Å². The van der Waals surface area contributed by atoms with Gasteiger partial charge in [-0.15, -0.1) is 0 Å². The molecule has 6 nitrogen and oxygen atoms in total. The van der Waals surface area contributed by atoms with E-state index in [1.807, 2.05) is 18.2 Å². The molecule has 1 aliphatic rings. The third kappa shape index (κ3) is 2.98. The Bertz CT molecular complexity index is 807. The largest absolute Gasteiger partial charge is 0.497 e. The fraction of sp³-hybridized carbons (Fsp3) is 0.438. The molecule has 1 N–H and O–H groups in total. The zero-order chi connectivity index (χ0) is 16.6. The second kappa shape index (κ2) is 5.98. The molecule has 0 unspecified atom stereocenters. The minimum absolute atomic E-state index is 0.137. The van der Waals surface area contributed by atoms with Gasteiger partial charge >= 0.3 is 0 Å². The molecule has 124 valence electrons. The number of benzene rings is 1. The van der Waals surface area contributed by atoms with Crippen molar-refractivity contribution in [1.82, 2.24) is 9.88 Å². The third-order valence-electron chi connectivity index (χ3n) is 4.20. The van der Waals surface area contributed by atoms with Gasteiger partial charge in [-0.25, -0.2) is 13.1 Å². The van der Waals surface area contributed by atoms with Crippen LogP contribution in [-0.2, 0) is 16.4 Å². The fourth-order valence-corrected chi connectivity index (χ4v) is 4.72. The molecular formula is C16H20N2O4S. The Hall–Kier alpha value is -1.86. The summed E-state index contributed by atoms with van der Waals surface area (Å²) < 4.78 is 38.4. The van der Waals surface area contributed by atoms with Gasteiger partial charge in [0.15, 0.2) is 5.76 Å². The molecule has 1 heterocycles. The van der Waals surface area contributed by atoms with Crippen molar-refractivity contribution in [2.75, 3.05) is 7.11 Å². The topological polar surface area (TPSA) is 81.4 Å². The van der Waals surface area contributed by atoms with Crippen molar-refractivity contribution < 1.29 is 17.7 Å². The van der Waals surface area contributed by atoms with Crippen molar-refractivity contribution in [2.45, 2.75) is 44.0 Å². The molecule has 0 saturated carbocycles. The van der Waals surface area contributed by atoms with Crippen LogP contribution in [0.4, 0.5) is 0 Å². The van der Waals surface area contributed by atoms with Crippen LogP contribution in [0.3, 0.4) is 0 Å². The molecule has 1 aliphatic carbocycles. The van der Waals surface area contributed by atoms with Gasteiger partial charge in [-0.2, -0.15) is 0 Å². The van der Waals surface area contributed by atoms with E-state index in [4.69, 9.17) is 9.26 Å². The Morgan fingerprint density at radius 2 is 2.13 bits per heavy atom. The lowest BCUT2D eigenvalue weighted by atomic mass is 9.88. The van der Waals surface area contributed by atoms with Crippen molar-refractivity contribution in [3.8, 4) is 5.75 Å². The normalized spacial score (nSPS) is 17.8. The van der Waals surface area contributed by atoms with Crippen LogP contribution in [0.1, 0.15) is 41.5 Å². The summed E-state index contributed by atoms with van der Waals surface area (Å²) in [6, 6.07) is 5.53. The second-order valence-corrected chi connectivity index (χ2v) is 7.43. The van der Waals surface area contributed by atoms with E-state index in [0.29, 0.717) is 11.5 Å². The summed E-state index contributed by atoms with van der Waals surface area (Å²) >= 11 is 0. The first-order valence-corrected chi connectivity index (χ1v) is 9.02. The van der Waals surface area contributed by atoms with Crippen LogP contribution >= 0.6 is 0 Å². The van der Waals surface area contributed by atoms with Gasteiger partial charge in [-0.3, -0.25) is 0 Å². The lowest BCUT2D eigenvalue weighted by molar-refractivity contribution is 0.390. The number of aryl methyl sites for hydroxylation is 3. The number of sulfonamides is 1. The summed E-state index contributed by atoms with van der Waals surface area (Å²) in [6.45, 7) is 3.24. The quantitative estimate of drug-likeness (QED) is 0.928. The van der Waals surface area contributed by atoms with Crippen molar-refractivity contribution in [3.05, 3.63) is 40.8 Å². The molecule has 1 aromatic carbocycles. The van der Waals surface area contributed by atoms with Gasteiger partial charge in [-0.05, 0) is 56.4 Å². The molecule has 1 aromatic heterocycles. The van der Waals surface area contributed by atoms with Gasteiger partial charge in [0.2, 0.25) is 10.0 Å². The molecule has 0 spiro atoms. The van der Waals surface area contributed by atoms with Gasteiger partial charge in [0, 0.05) is 6.04 Å². The first-order valence-electron chi connectivity index (χ1n) is 7.54. The van der Waals surface area contributed by atoms with Crippen molar-refractivity contribution >= 4 is 10.0 Å². The molecule has 2 aromatic rings. The van der Waals surface area contributed by atoms with Crippen LogP contribution in [0, 0.1) is 13.8 Å². The SMILES string of the molecule is COc1ccc2c(c1)CCC[C@@H]2NS(=O)(=O)c1c(C)noc1C. The maximum Gasteiger partial charge on any atom is 0.246 e. The number of hydrogen-bond acceptors (Lipinski definition) is 5. The highest BCUT2D eigenvalue weighted by Crippen LogP contribution is 2.33. The van der Waals surface area contributed by atoms with Crippen molar-refractivity contribution in [3.63, 3.8) is 0 Å². The first-order chi connectivity index (χ1) is 10.9. The molecule has 0 amide bonds. The van der Waals surface area contributed by atoms with Crippen LogP contribution in [-0.4, -0.2) is 20.7 Å². The van der Waals surface area contributed by atoms with Gasteiger partial charge in [0.1, 0.15) is 16.3 Å². The number of nitrogens with one attached hydrogen (secondary N) is 1. The van der Waals surface area contributed by atoms with Crippen LogP contribution in [0.5, 0.6) is 5.75 Å². The van der Waals surface area contributed by atoms with Crippen LogP contribution in [0.2, 0.25) is 0 Å². The molecule has 3 rings (SSSR count). The average Bonchev–Trinajstić information content (AvgIpc) is 2.86. The van der Waals surface area contributed by atoms with E-state index in [0.717, 1.165) is 36.1 Å². The molecule has 23 heavy (non-hydrogen) atoms. The Balaban J connectivity index is 1.93. The third-order valence-corrected chi connectivity index (χ3v) is 5.91. The summed E-state index contributed by atoms with van der Waals surface area (Å²) in [5, 5.41) is 3.73.